The Morgan fingerprint density at radius 2 is 2.06 bits per heavy atom. The summed E-state index contributed by atoms with van der Waals surface area (Å²) in [6.45, 7) is 1.48. The third-order valence-corrected chi connectivity index (χ3v) is 4.98. The van der Waals surface area contributed by atoms with Crippen LogP contribution in [0.2, 0.25) is 0 Å². The fourth-order valence-corrected chi connectivity index (χ4v) is 4.26. The molecule has 0 radical (unpaired) electrons. The van der Waals surface area contributed by atoms with Gasteiger partial charge in [0.25, 0.3) is 0 Å². The van der Waals surface area contributed by atoms with E-state index in [-0.39, 0.29) is 11.2 Å². The van der Waals surface area contributed by atoms with Crippen molar-refractivity contribution >= 4 is 5.78 Å². The van der Waals surface area contributed by atoms with Gasteiger partial charge in [0.2, 0.25) is 0 Å². The highest BCUT2D eigenvalue weighted by atomic mass is 16.7. The average molecular weight is 220 g/mol. The SMILES string of the molecule is O=C1C=C2C[C@H]3C[C@@]2(CCC32OCCO2)C1. The van der Waals surface area contributed by atoms with Gasteiger partial charge in [-0.15, -0.1) is 0 Å². The van der Waals surface area contributed by atoms with Crippen molar-refractivity contribution in [3.05, 3.63) is 11.6 Å². The van der Waals surface area contributed by atoms with Crippen molar-refractivity contribution in [2.75, 3.05) is 13.2 Å². The van der Waals surface area contributed by atoms with Crippen molar-refractivity contribution in [3.8, 4) is 0 Å². The molecule has 2 atom stereocenters. The van der Waals surface area contributed by atoms with E-state index in [0.717, 1.165) is 45.3 Å². The number of ether oxygens (including phenoxy) is 2. The molecule has 4 rings (SSSR count). The van der Waals surface area contributed by atoms with Gasteiger partial charge in [-0.25, -0.2) is 0 Å². The second kappa shape index (κ2) is 2.77. The van der Waals surface area contributed by atoms with Crippen LogP contribution in [0.25, 0.3) is 0 Å². The van der Waals surface area contributed by atoms with Gasteiger partial charge in [0.15, 0.2) is 11.6 Å². The molecule has 1 aliphatic heterocycles. The summed E-state index contributed by atoms with van der Waals surface area (Å²) in [5, 5.41) is 0. The summed E-state index contributed by atoms with van der Waals surface area (Å²) in [6, 6.07) is 0. The number of rotatable bonds is 0. The van der Waals surface area contributed by atoms with Crippen LogP contribution in [0, 0.1) is 11.3 Å². The normalized spacial score (nSPS) is 43.9. The van der Waals surface area contributed by atoms with E-state index < -0.39 is 0 Å². The van der Waals surface area contributed by atoms with E-state index in [9.17, 15) is 4.79 Å². The highest BCUT2D eigenvalue weighted by Gasteiger charge is 2.60. The van der Waals surface area contributed by atoms with E-state index in [0.29, 0.717) is 11.7 Å². The molecular weight excluding hydrogens is 204 g/mol. The summed E-state index contributed by atoms with van der Waals surface area (Å²) in [7, 11) is 0. The van der Waals surface area contributed by atoms with E-state index in [4.69, 9.17) is 9.47 Å². The van der Waals surface area contributed by atoms with Crippen LogP contribution in [-0.4, -0.2) is 24.8 Å². The van der Waals surface area contributed by atoms with Crippen LogP contribution in [0.4, 0.5) is 0 Å². The molecule has 16 heavy (non-hydrogen) atoms. The third kappa shape index (κ3) is 0.986. The van der Waals surface area contributed by atoms with Crippen LogP contribution in [0.5, 0.6) is 0 Å². The van der Waals surface area contributed by atoms with E-state index >= 15 is 0 Å². The zero-order valence-corrected chi connectivity index (χ0v) is 9.33. The molecule has 3 fully saturated rings. The maximum absolute atomic E-state index is 11.5. The monoisotopic (exact) mass is 220 g/mol. The first-order valence-electron chi connectivity index (χ1n) is 6.24. The van der Waals surface area contributed by atoms with Gasteiger partial charge >= 0.3 is 0 Å². The second-order valence-corrected chi connectivity index (χ2v) is 5.71. The van der Waals surface area contributed by atoms with Crippen LogP contribution >= 0.6 is 0 Å². The van der Waals surface area contributed by atoms with Crippen LogP contribution in [0.1, 0.15) is 32.1 Å². The first-order valence-corrected chi connectivity index (χ1v) is 6.24. The largest absolute Gasteiger partial charge is 0.347 e. The van der Waals surface area contributed by atoms with Crippen LogP contribution in [-0.2, 0) is 14.3 Å². The molecule has 0 aromatic carbocycles. The van der Waals surface area contributed by atoms with Gasteiger partial charge in [0.1, 0.15) is 0 Å². The molecule has 2 bridgehead atoms. The first kappa shape index (κ1) is 9.37. The van der Waals surface area contributed by atoms with E-state index in [1.54, 1.807) is 0 Å². The molecule has 3 aliphatic carbocycles. The average Bonchev–Trinajstić information content (AvgIpc) is 2.85. The molecule has 0 unspecified atom stereocenters. The summed E-state index contributed by atoms with van der Waals surface area (Å²) in [4.78, 5) is 11.5. The van der Waals surface area contributed by atoms with Gasteiger partial charge in [-0.05, 0) is 30.8 Å². The predicted octanol–water partition coefficient (Wildman–Crippen LogP) is 1.82. The van der Waals surface area contributed by atoms with Gasteiger partial charge in [-0.2, -0.15) is 0 Å². The van der Waals surface area contributed by atoms with Crippen LogP contribution in [0.15, 0.2) is 11.6 Å². The maximum Gasteiger partial charge on any atom is 0.171 e. The van der Waals surface area contributed by atoms with Gasteiger partial charge in [0.05, 0.1) is 13.2 Å². The molecule has 4 aliphatic rings. The molecule has 1 heterocycles. The van der Waals surface area contributed by atoms with Crippen LogP contribution < -0.4 is 0 Å². The van der Waals surface area contributed by atoms with Gasteiger partial charge in [-0.1, -0.05) is 5.57 Å². The predicted molar refractivity (Wildman–Crippen MR) is 56.7 cm³/mol. The molecular formula is C13H16O3. The molecule has 0 N–H and O–H groups in total. The van der Waals surface area contributed by atoms with E-state index in [1.165, 1.54) is 5.57 Å². The smallest absolute Gasteiger partial charge is 0.171 e. The number of fused-ring (bicyclic) bond motifs is 2. The molecule has 3 heteroatoms. The number of hydrogen-bond donors (Lipinski definition) is 0. The third-order valence-electron chi connectivity index (χ3n) is 4.98. The zero-order chi connectivity index (χ0) is 10.8. The van der Waals surface area contributed by atoms with Crippen LogP contribution in [0.3, 0.4) is 0 Å². The quantitative estimate of drug-likeness (QED) is 0.624. The minimum Gasteiger partial charge on any atom is -0.347 e. The molecule has 2 spiro atoms. The summed E-state index contributed by atoms with van der Waals surface area (Å²) in [5.41, 5.74) is 1.60. The van der Waals surface area contributed by atoms with Crippen molar-refractivity contribution in [2.45, 2.75) is 37.9 Å². The van der Waals surface area contributed by atoms with E-state index in [2.05, 4.69) is 0 Å². The number of carbonyl (C=O) groups excluding carboxylic acids is 1. The molecule has 86 valence electrons. The number of hydrogen-bond acceptors (Lipinski definition) is 3. The number of ketones is 1. The number of carbonyl (C=O) groups is 1. The Morgan fingerprint density at radius 3 is 2.88 bits per heavy atom. The lowest BCUT2D eigenvalue weighted by molar-refractivity contribution is -0.214. The Morgan fingerprint density at radius 1 is 1.25 bits per heavy atom. The van der Waals surface area contributed by atoms with Crippen molar-refractivity contribution in [1.82, 2.24) is 0 Å². The Balaban J connectivity index is 1.72. The fourth-order valence-electron chi connectivity index (χ4n) is 4.26. The summed E-state index contributed by atoms with van der Waals surface area (Å²) in [5.74, 6) is 0.528. The van der Waals surface area contributed by atoms with Gasteiger partial charge in [0, 0.05) is 18.8 Å². The molecule has 0 amide bonds. The van der Waals surface area contributed by atoms with Gasteiger partial charge < -0.3 is 9.47 Å². The molecule has 3 nitrogen and oxygen atoms in total. The minimum atomic E-state index is -0.292. The lowest BCUT2D eigenvalue weighted by Gasteiger charge is -2.41. The second-order valence-electron chi connectivity index (χ2n) is 5.71. The van der Waals surface area contributed by atoms with Crippen molar-refractivity contribution < 1.29 is 14.3 Å². The first-order chi connectivity index (χ1) is 7.73. The summed E-state index contributed by atoms with van der Waals surface area (Å²) in [6.07, 6.45) is 6.81. The minimum absolute atomic E-state index is 0.211. The molecule has 0 aromatic rings. The zero-order valence-electron chi connectivity index (χ0n) is 9.33. The molecule has 2 saturated carbocycles. The topological polar surface area (TPSA) is 35.5 Å². The van der Waals surface area contributed by atoms with Gasteiger partial charge in [-0.3, -0.25) is 4.79 Å². The molecule has 1 saturated heterocycles. The highest BCUT2D eigenvalue weighted by molar-refractivity contribution is 5.94. The van der Waals surface area contributed by atoms with Crippen molar-refractivity contribution in [3.63, 3.8) is 0 Å². The lowest BCUT2D eigenvalue weighted by atomic mass is 9.71. The van der Waals surface area contributed by atoms with Crippen molar-refractivity contribution in [1.29, 1.82) is 0 Å². The Hall–Kier alpha value is -0.670. The maximum atomic E-state index is 11.5. The molecule has 0 aromatic heterocycles. The fraction of sp³-hybridized carbons (Fsp3) is 0.769. The highest BCUT2D eigenvalue weighted by Crippen LogP contribution is 2.63. The summed E-state index contributed by atoms with van der Waals surface area (Å²) >= 11 is 0. The Labute approximate surface area is 94.8 Å². The van der Waals surface area contributed by atoms with E-state index in [1.807, 2.05) is 6.08 Å². The summed E-state index contributed by atoms with van der Waals surface area (Å²) < 4.78 is 11.7. The number of allylic oxidation sites excluding steroid dienone is 2. The van der Waals surface area contributed by atoms with Crippen molar-refractivity contribution in [2.24, 2.45) is 11.3 Å². The standard InChI is InChI=1S/C13H16O3/c14-11-6-9-5-10-7-12(9,8-11)1-2-13(10)15-3-4-16-13/h6,10H,1-5,7-8H2/t10-,12-/m0/s1. The Bertz CT molecular complexity index is 392. The lowest BCUT2D eigenvalue weighted by Crippen LogP contribution is -2.43. The Kier molecular flexibility index (Phi) is 1.62.